The van der Waals surface area contributed by atoms with Crippen LogP contribution in [0.15, 0.2) is 66.9 Å². The van der Waals surface area contributed by atoms with Crippen molar-refractivity contribution in [1.82, 2.24) is 4.98 Å². The maximum atomic E-state index is 15.1. The molecule has 0 spiro atoms. The van der Waals surface area contributed by atoms with Crippen LogP contribution in [0.25, 0.3) is 10.9 Å². The van der Waals surface area contributed by atoms with E-state index in [1.165, 1.54) is 26.4 Å². The molecule has 1 heterocycles. The third-order valence-electron chi connectivity index (χ3n) is 7.13. The first kappa shape index (κ1) is 27.2. The minimum Gasteiger partial charge on any atom is -0.493 e. The van der Waals surface area contributed by atoms with Crippen molar-refractivity contribution in [2.45, 2.75) is 13.8 Å². The highest BCUT2D eigenvalue weighted by molar-refractivity contribution is 6.30. The molecule has 1 aliphatic carbocycles. The van der Waals surface area contributed by atoms with Gasteiger partial charge in [-0.2, -0.15) is 0 Å². The lowest BCUT2D eigenvalue weighted by atomic mass is 10.1. The highest BCUT2D eigenvalue weighted by Crippen LogP contribution is 2.59. The van der Waals surface area contributed by atoms with E-state index in [2.05, 4.69) is 15.6 Å². The highest BCUT2D eigenvalue weighted by atomic mass is 35.5. The molecule has 206 valence electrons. The molecule has 3 aromatic carbocycles. The van der Waals surface area contributed by atoms with Gasteiger partial charge >= 0.3 is 0 Å². The van der Waals surface area contributed by atoms with Crippen LogP contribution in [0.2, 0.25) is 5.02 Å². The molecule has 2 N–H and O–H groups in total. The number of anilines is 2. The summed E-state index contributed by atoms with van der Waals surface area (Å²) >= 11 is 5.90. The largest absolute Gasteiger partial charge is 0.493 e. The monoisotopic (exact) mass is 563 g/mol. The Bertz CT molecular complexity index is 1610. The van der Waals surface area contributed by atoms with E-state index in [0.29, 0.717) is 38.9 Å². The first-order valence-corrected chi connectivity index (χ1v) is 12.9. The molecule has 10 heteroatoms. The smallest absolute Gasteiger partial charge is 0.228 e. The van der Waals surface area contributed by atoms with Gasteiger partial charge in [-0.25, -0.2) is 4.39 Å². The van der Waals surface area contributed by atoms with Crippen LogP contribution in [0.4, 0.5) is 15.8 Å². The molecule has 5 rings (SSSR count). The summed E-state index contributed by atoms with van der Waals surface area (Å²) in [7, 11) is 3.05. The Balaban J connectivity index is 1.28. The number of hydrogen-bond acceptors (Lipinski definition) is 6. The first-order chi connectivity index (χ1) is 19.1. The van der Waals surface area contributed by atoms with Crippen LogP contribution in [0.3, 0.4) is 0 Å². The molecular formula is C30H27ClFN3O5. The second-order valence-corrected chi connectivity index (χ2v) is 10.5. The number of fused-ring (bicyclic) bond motifs is 1. The second-order valence-electron chi connectivity index (χ2n) is 10.0. The summed E-state index contributed by atoms with van der Waals surface area (Å²) in [6.07, 6.45) is 1.55. The molecule has 1 saturated carbocycles. The lowest BCUT2D eigenvalue weighted by Crippen LogP contribution is -2.20. The molecule has 2 atom stereocenters. The van der Waals surface area contributed by atoms with Gasteiger partial charge in [-0.3, -0.25) is 14.6 Å². The predicted octanol–water partition coefficient (Wildman–Crippen LogP) is 6.69. The van der Waals surface area contributed by atoms with Gasteiger partial charge in [0.25, 0.3) is 0 Å². The Morgan fingerprint density at radius 3 is 2.05 bits per heavy atom. The normalized spacial score (nSPS) is 17.1. The average molecular weight is 564 g/mol. The van der Waals surface area contributed by atoms with Crippen LogP contribution < -0.4 is 24.8 Å². The zero-order chi connectivity index (χ0) is 28.6. The summed E-state index contributed by atoms with van der Waals surface area (Å²) in [6.45, 7) is 3.70. The van der Waals surface area contributed by atoms with Gasteiger partial charge in [-0.05, 0) is 53.9 Å². The molecule has 8 nitrogen and oxygen atoms in total. The highest BCUT2D eigenvalue weighted by Gasteiger charge is 2.65. The number of benzene rings is 3. The molecule has 0 bridgehead atoms. The topological polar surface area (TPSA) is 98.8 Å². The first-order valence-electron chi connectivity index (χ1n) is 12.5. The van der Waals surface area contributed by atoms with Crippen molar-refractivity contribution in [3.63, 3.8) is 0 Å². The summed E-state index contributed by atoms with van der Waals surface area (Å²) in [5, 5.41) is 6.72. The summed E-state index contributed by atoms with van der Waals surface area (Å²) in [6, 6.07) is 15.9. The van der Waals surface area contributed by atoms with E-state index in [9.17, 15) is 9.59 Å². The van der Waals surface area contributed by atoms with Crippen LogP contribution in [0.5, 0.6) is 23.0 Å². The fourth-order valence-corrected chi connectivity index (χ4v) is 5.03. The van der Waals surface area contributed by atoms with E-state index >= 15 is 4.39 Å². The number of nitrogens with one attached hydrogen (secondary N) is 2. The SMILES string of the molecule is COc1cc2nccc(Oc3ccc(NC(=O)[C@@H]4[C@H](C(=O)Nc5ccc(Cl)cc5)C4(C)C)cc3F)c2cc1OC. The third-order valence-corrected chi connectivity index (χ3v) is 7.38. The summed E-state index contributed by atoms with van der Waals surface area (Å²) < 4.78 is 31.7. The van der Waals surface area contributed by atoms with Crippen molar-refractivity contribution >= 4 is 45.7 Å². The number of aromatic nitrogens is 1. The Labute approximate surface area is 235 Å². The van der Waals surface area contributed by atoms with Crippen LogP contribution in [-0.2, 0) is 9.59 Å². The van der Waals surface area contributed by atoms with E-state index in [1.54, 1.807) is 54.7 Å². The number of ether oxygens (including phenoxy) is 3. The van der Waals surface area contributed by atoms with Crippen LogP contribution in [0.1, 0.15) is 13.8 Å². The maximum absolute atomic E-state index is 15.1. The fraction of sp³-hybridized carbons (Fsp3) is 0.233. The van der Waals surface area contributed by atoms with Crippen LogP contribution >= 0.6 is 11.6 Å². The van der Waals surface area contributed by atoms with Gasteiger partial charge in [0.15, 0.2) is 23.1 Å². The molecule has 0 unspecified atom stereocenters. The van der Waals surface area contributed by atoms with Crippen LogP contribution in [-0.4, -0.2) is 31.0 Å². The van der Waals surface area contributed by atoms with Crippen molar-refractivity contribution < 1.29 is 28.2 Å². The number of methoxy groups -OCH3 is 2. The van der Waals surface area contributed by atoms with Gasteiger partial charge in [0.2, 0.25) is 11.8 Å². The Morgan fingerprint density at radius 1 is 0.825 bits per heavy atom. The number of carbonyl (C=O) groups is 2. The molecule has 0 radical (unpaired) electrons. The molecule has 1 fully saturated rings. The number of halogens is 2. The van der Waals surface area contributed by atoms with E-state index in [1.807, 2.05) is 13.8 Å². The maximum Gasteiger partial charge on any atom is 0.228 e. The van der Waals surface area contributed by atoms with Gasteiger partial charge in [0, 0.05) is 40.1 Å². The summed E-state index contributed by atoms with van der Waals surface area (Å²) in [5.74, 6) is -1.08. The lowest BCUT2D eigenvalue weighted by molar-refractivity contribution is -0.122. The van der Waals surface area contributed by atoms with Crippen molar-refractivity contribution in [2.75, 3.05) is 24.9 Å². The van der Waals surface area contributed by atoms with E-state index in [4.69, 9.17) is 25.8 Å². The number of amides is 2. The summed E-state index contributed by atoms with van der Waals surface area (Å²) in [4.78, 5) is 30.2. The lowest BCUT2D eigenvalue weighted by Gasteiger charge is -2.13. The standard InChI is InChI=1S/C30H27ClFN3O5/c1-30(2)26(28(36)34-17-7-5-16(31)6-8-17)27(30)29(37)35-18-9-10-23(20(32)13-18)40-22-11-12-33-21-15-25(39-4)24(38-3)14-19(21)22/h5-15,26-27H,1-4H3,(H,34,36)(H,35,37)/t26-,27+/m1/s1. The van der Waals surface area contributed by atoms with Crippen molar-refractivity contribution in [2.24, 2.45) is 17.3 Å². The van der Waals surface area contributed by atoms with Gasteiger partial charge in [-0.1, -0.05) is 25.4 Å². The molecule has 4 aromatic rings. The molecule has 1 aliphatic rings. The second kappa shape index (κ2) is 10.7. The minimum atomic E-state index is -0.671. The average Bonchev–Trinajstić information content (AvgIpc) is 3.52. The fourth-order valence-electron chi connectivity index (χ4n) is 4.91. The Kier molecular flexibility index (Phi) is 7.25. The van der Waals surface area contributed by atoms with E-state index in [0.717, 1.165) is 0 Å². The van der Waals surface area contributed by atoms with Crippen LogP contribution in [0, 0.1) is 23.1 Å². The van der Waals surface area contributed by atoms with E-state index in [-0.39, 0.29) is 23.3 Å². The molecule has 0 aliphatic heterocycles. The predicted molar refractivity (Wildman–Crippen MR) is 151 cm³/mol. The number of pyridine rings is 1. The van der Waals surface area contributed by atoms with Gasteiger partial charge < -0.3 is 24.8 Å². The zero-order valence-electron chi connectivity index (χ0n) is 22.2. The molecule has 2 amide bonds. The minimum absolute atomic E-state index is 0.0349. The number of carbonyl (C=O) groups excluding carboxylic acids is 2. The van der Waals surface area contributed by atoms with Gasteiger partial charge in [-0.15, -0.1) is 0 Å². The Morgan fingerprint density at radius 2 is 1.43 bits per heavy atom. The zero-order valence-corrected chi connectivity index (χ0v) is 23.0. The van der Waals surface area contributed by atoms with Crippen molar-refractivity contribution in [3.8, 4) is 23.0 Å². The number of rotatable bonds is 8. The van der Waals surface area contributed by atoms with Gasteiger partial charge in [0.05, 0.1) is 31.6 Å². The van der Waals surface area contributed by atoms with E-state index < -0.39 is 23.1 Å². The van der Waals surface area contributed by atoms with Gasteiger partial charge in [0.1, 0.15) is 5.75 Å². The molecule has 0 saturated heterocycles. The Hall–Kier alpha value is -4.37. The molecule has 40 heavy (non-hydrogen) atoms. The quantitative estimate of drug-likeness (QED) is 0.248. The van der Waals surface area contributed by atoms with Crippen molar-refractivity contribution in [3.05, 3.63) is 77.7 Å². The molecule has 1 aromatic heterocycles. The molecular weight excluding hydrogens is 537 g/mol. The summed E-state index contributed by atoms with van der Waals surface area (Å²) in [5.41, 5.74) is 0.865. The third kappa shape index (κ3) is 5.24. The van der Waals surface area contributed by atoms with Crippen molar-refractivity contribution in [1.29, 1.82) is 0 Å². The number of nitrogens with zero attached hydrogens (tertiary/aromatic N) is 1. The number of hydrogen-bond donors (Lipinski definition) is 2.